The van der Waals surface area contributed by atoms with Gasteiger partial charge in [0.15, 0.2) is 0 Å². The molecule has 1 aliphatic heterocycles. The second-order valence-corrected chi connectivity index (χ2v) is 14.1. The van der Waals surface area contributed by atoms with E-state index in [1.165, 1.54) is 0 Å². The molecule has 0 aromatic carbocycles. The van der Waals surface area contributed by atoms with Crippen LogP contribution in [-0.2, 0) is 9.47 Å². The predicted molar refractivity (Wildman–Crippen MR) is 162 cm³/mol. The van der Waals surface area contributed by atoms with Crippen LogP contribution in [0.4, 0.5) is 15.3 Å². The van der Waals surface area contributed by atoms with E-state index in [1.54, 1.807) is 47.7 Å². The Balaban J connectivity index is 1.26. The number of amides is 2. The average molecular weight is 580 g/mol. The van der Waals surface area contributed by atoms with Crippen LogP contribution in [0.3, 0.4) is 0 Å². The number of aliphatic imine (C=N–C) groups is 1. The molecule has 2 aromatic rings. The van der Waals surface area contributed by atoms with Gasteiger partial charge in [0.2, 0.25) is 0 Å². The molecule has 11 nitrogen and oxygen atoms in total. The van der Waals surface area contributed by atoms with Crippen LogP contribution < -0.4 is 5.73 Å². The number of imide groups is 1. The number of aromatic nitrogens is 3. The lowest BCUT2D eigenvalue weighted by atomic mass is 9.80. The van der Waals surface area contributed by atoms with E-state index in [9.17, 15) is 9.59 Å². The first-order valence-electron chi connectivity index (χ1n) is 15.0. The van der Waals surface area contributed by atoms with Crippen LogP contribution in [0.25, 0.3) is 11.3 Å². The Hall–Kier alpha value is -3.47. The van der Waals surface area contributed by atoms with Gasteiger partial charge < -0.3 is 20.1 Å². The smallest absolute Gasteiger partial charge is 0.419 e. The maximum atomic E-state index is 12.9. The van der Waals surface area contributed by atoms with Crippen molar-refractivity contribution >= 4 is 24.1 Å². The quantitative estimate of drug-likeness (QED) is 0.440. The normalized spacial score (nSPS) is 21.6. The maximum Gasteiger partial charge on any atom is 0.419 e. The second kappa shape index (κ2) is 11.3. The van der Waals surface area contributed by atoms with Crippen molar-refractivity contribution in [1.29, 1.82) is 0 Å². The summed E-state index contributed by atoms with van der Waals surface area (Å²) >= 11 is 0. The molecule has 2 aromatic heterocycles. The molecule has 0 bridgehead atoms. The summed E-state index contributed by atoms with van der Waals surface area (Å²) in [5.41, 5.74) is 9.35. The zero-order chi connectivity index (χ0) is 30.4. The first-order valence-corrected chi connectivity index (χ1v) is 15.0. The molecule has 3 aliphatic rings. The molecule has 3 fully saturated rings. The SMILES string of the molecule is CN1CC(N=Cc2cnc(-c3cn(C4CC(CN(C(=O)OC(C)(C)C)C(=O)OC(C)(C)C)C4)nc3C3CC3)cc2N)C1. The Morgan fingerprint density at radius 2 is 1.71 bits per heavy atom. The van der Waals surface area contributed by atoms with E-state index in [0.29, 0.717) is 17.6 Å². The monoisotopic (exact) mass is 579 g/mol. The van der Waals surface area contributed by atoms with Crippen molar-refractivity contribution in [3.63, 3.8) is 0 Å². The predicted octanol–water partition coefficient (Wildman–Crippen LogP) is 5.26. The number of pyridine rings is 1. The average Bonchev–Trinajstić information content (AvgIpc) is 3.57. The van der Waals surface area contributed by atoms with Crippen molar-refractivity contribution in [2.24, 2.45) is 10.9 Å². The first kappa shape index (κ1) is 30.0. The largest absolute Gasteiger partial charge is 0.443 e. The van der Waals surface area contributed by atoms with Crippen LogP contribution >= 0.6 is 0 Å². The lowest BCUT2D eigenvalue weighted by Crippen LogP contribution is -2.47. The maximum absolute atomic E-state index is 12.9. The molecule has 2 saturated carbocycles. The summed E-state index contributed by atoms with van der Waals surface area (Å²) in [6, 6.07) is 2.41. The molecule has 2 aliphatic carbocycles. The van der Waals surface area contributed by atoms with Crippen LogP contribution in [0.15, 0.2) is 23.5 Å². The van der Waals surface area contributed by atoms with E-state index in [2.05, 4.69) is 23.1 Å². The summed E-state index contributed by atoms with van der Waals surface area (Å²) in [6.45, 7) is 12.8. The fourth-order valence-corrected chi connectivity index (χ4v) is 5.31. The molecule has 2 amide bonds. The molecule has 0 spiro atoms. The number of likely N-dealkylation sites (N-methyl/N-ethyl adjacent to an activating group) is 1. The van der Waals surface area contributed by atoms with Crippen molar-refractivity contribution < 1.29 is 19.1 Å². The molecular weight excluding hydrogens is 534 g/mol. The Morgan fingerprint density at radius 1 is 1.10 bits per heavy atom. The van der Waals surface area contributed by atoms with E-state index in [0.717, 1.165) is 66.2 Å². The first-order chi connectivity index (χ1) is 19.6. The highest BCUT2D eigenvalue weighted by Crippen LogP contribution is 2.46. The van der Waals surface area contributed by atoms with Gasteiger partial charge in [-0.1, -0.05) is 0 Å². The summed E-state index contributed by atoms with van der Waals surface area (Å²) in [7, 11) is 2.08. The van der Waals surface area contributed by atoms with Gasteiger partial charge in [0.05, 0.1) is 23.5 Å². The van der Waals surface area contributed by atoms with E-state index >= 15 is 0 Å². The van der Waals surface area contributed by atoms with Gasteiger partial charge in [-0.15, -0.1) is 0 Å². The number of carbonyl (C=O) groups is 2. The van der Waals surface area contributed by atoms with Crippen molar-refractivity contribution in [2.45, 2.75) is 96.4 Å². The molecule has 5 rings (SSSR count). The van der Waals surface area contributed by atoms with E-state index < -0.39 is 23.4 Å². The summed E-state index contributed by atoms with van der Waals surface area (Å²) in [4.78, 5) is 38.5. The third kappa shape index (κ3) is 7.29. The number of hydrogen-bond donors (Lipinski definition) is 1. The number of carbonyl (C=O) groups excluding carboxylic acids is 2. The van der Waals surface area contributed by atoms with Gasteiger partial charge in [0.25, 0.3) is 0 Å². The van der Waals surface area contributed by atoms with Gasteiger partial charge in [0.1, 0.15) is 11.2 Å². The summed E-state index contributed by atoms with van der Waals surface area (Å²) in [5, 5.41) is 5.00. The third-order valence-electron chi connectivity index (χ3n) is 7.69. The molecule has 1 saturated heterocycles. The second-order valence-electron chi connectivity index (χ2n) is 14.1. The zero-order valence-electron chi connectivity index (χ0n) is 26.0. The van der Waals surface area contributed by atoms with Crippen molar-refractivity contribution in [3.8, 4) is 11.3 Å². The van der Waals surface area contributed by atoms with Crippen LogP contribution in [0.5, 0.6) is 0 Å². The van der Waals surface area contributed by atoms with Crippen molar-refractivity contribution in [1.82, 2.24) is 24.6 Å². The topological polar surface area (TPSA) is 128 Å². The van der Waals surface area contributed by atoms with Gasteiger partial charge in [-0.05, 0) is 86.3 Å². The van der Waals surface area contributed by atoms with Crippen LogP contribution in [-0.4, -0.2) is 86.9 Å². The van der Waals surface area contributed by atoms with E-state index in [1.807, 2.05) is 17.0 Å². The van der Waals surface area contributed by atoms with Crippen molar-refractivity contribution in [3.05, 3.63) is 29.7 Å². The number of rotatable bonds is 7. The molecule has 2 N–H and O–H groups in total. The van der Waals surface area contributed by atoms with Gasteiger partial charge in [-0.3, -0.25) is 14.7 Å². The lowest BCUT2D eigenvalue weighted by molar-refractivity contribution is -0.00641. The highest BCUT2D eigenvalue weighted by atomic mass is 16.6. The minimum Gasteiger partial charge on any atom is -0.443 e. The molecule has 0 radical (unpaired) electrons. The van der Waals surface area contributed by atoms with Crippen LogP contribution in [0.1, 0.15) is 90.4 Å². The lowest BCUT2D eigenvalue weighted by Gasteiger charge is -2.38. The molecule has 228 valence electrons. The fraction of sp³-hybridized carbons (Fsp3) is 0.645. The van der Waals surface area contributed by atoms with Gasteiger partial charge in [0, 0.05) is 61.0 Å². The number of nitrogen functional groups attached to an aromatic ring is 1. The Kier molecular flexibility index (Phi) is 8.08. The number of ether oxygens (including phenoxy) is 2. The van der Waals surface area contributed by atoms with Gasteiger partial charge in [-0.25, -0.2) is 14.5 Å². The number of likely N-dealkylation sites (tertiary alicyclic amines) is 1. The Labute approximate surface area is 248 Å². The number of nitrogens with two attached hydrogens (primary N) is 1. The zero-order valence-corrected chi connectivity index (χ0v) is 26.0. The third-order valence-corrected chi connectivity index (χ3v) is 7.69. The summed E-state index contributed by atoms with van der Waals surface area (Å²) < 4.78 is 13.1. The van der Waals surface area contributed by atoms with E-state index in [-0.39, 0.29) is 18.5 Å². The molecule has 0 unspecified atom stereocenters. The number of hydrogen-bond acceptors (Lipinski definition) is 9. The van der Waals surface area contributed by atoms with Gasteiger partial charge in [-0.2, -0.15) is 5.10 Å². The Morgan fingerprint density at radius 3 is 2.24 bits per heavy atom. The molecule has 11 heteroatoms. The molecule has 0 atom stereocenters. The highest BCUT2D eigenvalue weighted by Gasteiger charge is 2.39. The summed E-state index contributed by atoms with van der Waals surface area (Å²) in [6.07, 6.45) is 8.15. The van der Waals surface area contributed by atoms with Crippen molar-refractivity contribution in [2.75, 3.05) is 32.4 Å². The molecular formula is C31H45N7O4. The van der Waals surface area contributed by atoms with Crippen LogP contribution in [0.2, 0.25) is 0 Å². The standard InChI is InChI=1S/C31H45N7O4/c1-30(2,3)41-28(39)37(29(40)42-31(4,5)6)15-19-10-23(11-19)38-18-24(27(35-38)20-8-9-20)26-12-25(32)21(14-34-26)13-33-22-16-36(7)17-22/h12-14,18-20,22-23H,8-11,15-17H2,1-7H3,(H2,32,34). The number of anilines is 1. The van der Waals surface area contributed by atoms with E-state index in [4.69, 9.17) is 25.3 Å². The highest BCUT2D eigenvalue weighted by molar-refractivity contribution is 5.88. The Bertz CT molecular complexity index is 1310. The minimum atomic E-state index is -0.722. The summed E-state index contributed by atoms with van der Waals surface area (Å²) in [5.74, 6) is 0.557. The number of nitrogens with zero attached hydrogens (tertiary/aromatic N) is 6. The molecule has 42 heavy (non-hydrogen) atoms. The minimum absolute atomic E-state index is 0.120. The van der Waals surface area contributed by atoms with Gasteiger partial charge >= 0.3 is 12.2 Å². The fourth-order valence-electron chi connectivity index (χ4n) is 5.31. The van der Waals surface area contributed by atoms with Crippen LogP contribution in [0, 0.1) is 5.92 Å². The molecule has 3 heterocycles.